The van der Waals surface area contributed by atoms with E-state index >= 15 is 0 Å². The Morgan fingerprint density at radius 3 is 2.52 bits per heavy atom. The Balaban J connectivity index is 1.39. The lowest BCUT2D eigenvalue weighted by Gasteiger charge is -2.49. The number of rotatable bonds is 5. The molecule has 5 rings (SSSR count). The predicted octanol–water partition coefficient (Wildman–Crippen LogP) is 3.35. The summed E-state index contributed by atoms with van der Waals surface area (Å²) in [4.78, 5) is 30.5. The van der Waals surface area contributed by atoms with Gasteiger partial charge in [0.1, 0.15) is 5.75 Å². The number of carbonyl (C=O) groups is 2. The molecule has 2 bridgehead atoms. The molecule has 0 spiro atoms. The van der Waals surface area contributed by atoms with Gasteiger partial charge in [-0.1, -0.05) is 11.3 Å². The zero-order chi connectivity index (χ0) is 19.0. The third-order valence-corrected chi connectivity index (χ3v) is 6.57. The number of fused-ring (bicyclic) bond motifs is 3. The van der Waals surface area contributed by atoms with E-state index < -0.39 is 0 Å². The molecule has 3 aliphatic heterocycles. The summed E-state index contributed by atoms with van der Waals surface area (Å²) in [6.45, 7) is 5.98. The van der Waals surface area contributed by atoms with Crippen LogP contribution in [-0.2, 0) is 0 Å². The van der Waals surface area contributed by atoms with Crippen LogP contribution in [0.25, 0.3) is 0 Å². The second-order valence-corrected chi connectivity index (χ2v) is 8.27. The van der Waals surface area contributed by atoms with Crippen molar-refractivity contribution >= 4 is 23.0 Å². The first-order valence-corrected chi connectivity index (χ1v) is 10.1. The number of nitrogens with one attached hydrogen (secondary N) is 1. The summed E-state index contributed by atoms with van der Waals surface area (Å²) in [6.07, 6.45) is 3.87. The Kier molecular flexibility index (Phi) is 4.97. The van der Waals surface area contributed by atoms with Crippen LogP contribution in [0.1, 0.15) is 46.8 Å². The molecule has 3 aliphatic rings. The average Bonchev–Trinajstić information content (AvgIpc) is 3.14. The van der Waals surface area contributed by atoms with Gasteiger partial charge in [0.05, 0.1) is 6.20 Å². The molecule has 3 fully saturated rings. The van der Waals surface area contributed by atoms with Crippen LogP contribution < -0.4 is 10.1 Å². The highest BCUT2D eigenvalue weighted by molar-refractivity contribution is 7.15. The number of nitrogens with zero attached hydrogens (tertiary/aromatic N) is 2. The van der Waals surface area contributed by atoms with Crippen LogP contribution in [0.3, 0.4) is 0 Å². The van der Waals surface area contributed by atoms with Gasteiger partial charge in [-0.15, -0.1) is 0 Å². The number of piperidine rings is 3. The standard InChI is InChI=1S/C20H23N3O3S/c1-12-18(14-7-9-23(12)10-8-14)22-19(25)15-3-5-16(6-4-15)26-17-11-21-20(27-17)13(2)24/h3-6,11-12,14,18H,7-10H2,1-2H3,(H,22,25)/t12-,18-/m0/s1. The molecule has 0 unspecified atom stereocenters. The Labute approximate surface area is 162 Å². The van der Waals surface area contributed by atoms with E-state index in [-0.39, 0.29) is 17.7 Å². The molecule has 6 nitrogen and oxygen atoms in total. The fraction of sp³-hybridized carbons (Fsp3) is 0.450. The number of ether oxygens (including phenoxy) is 1. The maximum atomic E-state index is 12.7. The molecule has 0 aliphatic carbocycles. The van der Waals surface area contributed by atoms with Gasteiger partial charge in [-0.3, -0.25) is 14.5 Å². The van der Waals surface area contributed by atoms with Crippen molar-refractivity contribution in [3.63, 3.8) is 0 Å². The third-order valence-electron chi connectivity index (χ3n) is 5.60. The molecule has 1 aromatic carbocycles. The van der Waals surface area contributed by atoms with Gasteiger partial charge in [0.15, 0.2) is 10.8 Å². The first-order valence-electron chi connectivity index (χ1n) is 9.31. The molecule has 27 heavy (non-hydrogen) atoms. The molecule has 2 atom stereocenters. The summed E-state index contributed by atoms with van der Waals surface area (Å²) < 4.78 is 5.72. The third kappa shape index (κ3) is 3.75. The highest BCUT2D eigenvalue weighted by atomic mass is 32.1. The SMILES string of the molecule is CC(=O)c1ncc(Oc2ccc(C(=O)N[C@@H]3C4CCN(CC4)[C@H]3C)cc2)s1. The molecule has 0 saturated carbocycles. The van der Waals surface area contributed by atoms with E-state index in [1.165, 1.54) is 37.3 Å². The highest BCUT2D eigenvalue weighted by Gasteiger charge is 2.40. The molecular formula is C20H23N3O3S. The first-order chi connectivity index (χ1) is 13.0. The predicted molar refractivity (Wildman–Crippen MR) is 104 cm³/mol. The Morgan fingerprint density at radius 2 is 1.93 bits per heavy atom. The summed E-state index contributed by atoms with van der Waals surface area (Å²) >= 11 is 1.21. The number of thiazole rings is 1. The van der Waals surface area contributed by atoms with E-state index in [2.05, 4.69) is 22.1 Å². The highest BCUT2D eigenvalue weighted by Crippen LogP contribution is 2.32. The molecule has 0 radical (unpaired) electrons. The van der Waals surface area contributed by atoms with Crippen molar-refractivity contribution in [1.29, 1.82) is 0 Å². The van der Waals surface area contributed by atoms with Crippen molar-refractivity contribution < 1.29 is 14.3 Å². The quantitative estimate of drug-likeness (QED) is 0.799. The monoisotopic (exact) mass is 385 g/mol. The Hall–Kier alpha value is -2.25. The maximum absolute atomic E-state index is 12.7. The number of aromatic nitrogens is 1. The fourth-order valence-electron chi connectivity index (χ4n) is 4.04. The van der Waals surface area contributed by atoms with Crippen LogP contribution in [-0.4, -0.2) is 46.7 Å². The van der Waals surface area contributed by atoms with Crippen molar-refractivity contribution in [1.82, 2.24) is 15.2 Å². The van der Waals surface area contributed by atoms with Crippen LogP contribution in [0.15, 0.2) is 30.5 Å². The van der Waals surface area contributed by atoms with Crippen LogP contribution in [0.2, 0.25) is 0 Å². The minimum Gasteiger partial charge on any atom is -0.445 e. The van der Waals surface area contributed by atoms with Gasteiger partial charge in [-0.25, -0.2) is 4.98 Å². The van der Waals surface area contributed by atoms with Crippen LogP contribution >= 0.6 is 11.3 Å². The number of ketones is 1. The van der Waals surface area contributed by atoms with Gasteiger partial charge < -0.3 is 10.1 Å². The van der Waals surface area contributed by atoms with Crippen molar-refractivity contribution in [3.05, 3.63) is 41.0 Å². The van der Waals surface area contributed by atoms with Gasteiger partial charge in [0.25, 0.3) is 5.91 Å². The molecular weight excluding hydrogens is 362 g/mol. The zero-order valence-corrected chi connectivity index (χ0v) is 16.3. The molecule has 142 valence electrons. The van der Waals surface area contributed by atoms with Crippen molar-refractivity contribution in [2.75, 3.05) is 13.1 Å². The lowest BCUT2D eigenvalue weighted by molar-refractivity contribution is 0.0217. The molecule has 1 aromatic heterocycles. The van der Waals surface area contributed by atoms with E-state index in [1.807, 2.05) is 0 Å². The van der Waals surface area contributed by atoms with E-state index in [0.717, 1.165) is 13.1 Å². The summed E-state index contributed by atoms with van der Waals surface area (Å²) in [7, 11) is 0. The zero-order valence-electron chi connectivity index (χ0n) is 15.5. The van der Waals surface area contributed by atoms with Gasteiger partial charge in [0, 0.05) is 24.6 Å². The van der Waals surface area contributed by atoms with Gasteiger partial charge in [-0.05, 0) is 63.0 Å². The maximum Gasteiger partial charge on any atom is 0.251 e. The largest absolute Gasteiger partial charge is 0.445 e. The van der Waals surface area contributed by atoms with Crippen LogP contribution in [0, 0.1) is 5.92 Å². The van der Waals surface area contributed by atoms with Gasteiger partial charge in [-0.2, -0.15) is 0 Å². The summed E-state index contributed by atoms with van der Waals surface area (Å²) in [5.41, 5.74) is 0.625. The summed E-state index contributed by atoms with van der Waals surface area (Å²) in [6, 6.07) is 7.68. The molecule has 7 heteroatoms. The lowest BCUT2D eigenvalue weighted by atomic mass is 9.79. The van der Waals surface area contributed by atoms with Gasteiger partial charge in [0.2, 0.25) is 5.06 Å². The summed E-state index contributed by atoms with van der Waals surface area (Å²) in [5.74, 6) is 1.08. The molecule has 1 N–H and O–H groups in total. The normalized spacial score (nSPS) is 26.6. The summed E-state index contributed by atoms with van der Waals surface area (Å²) in [5, 5.41) is 4.21. The number of amides is 1. The van der Waals surface area contributed by atoms with E-state index in [9.17, 15) is 9.59 Å². The number of carbonyl (C=O) groups excluding carboxylic acids is 2. The number of hydrogen-bond donors (Lipinski definition) is 1. The molecule has 3 saturated heterocycles. The number of hydrogen-bond acceptors (Lipinski definition) is 6. The van der Waals surface area contributed by atoms with Crippen molar-refractivity contribution in [2.24, 2.45) is 5.92 Å². The van der Waals surface area contributed by atoms with Crippen molar-refractivity contribution in [2.45, 2.75) is 38.8 Å². The number of Topliss-reactive ketones (excluding diaryl/α,β-unsaturated/α-hetero) is 1. The topological polar surface area (TPSA) is 71.5 Å². The smallest absolute Gasteiger partial charge is 0.251 e. The number of benzene rings is 1. The van der Waals surface area contributed by atoms with Crippen molar-refractivity contribution in [3.8, 4) is 10.8 Å². The van der Waals surface area contributed by atoms with Crippen LogP contribution in [0.4, 0.5) is 0 Å². The first kappa shape index (κ1) is 18.1. The van der Waals surface area contributed by atoms with E-state index in [1.54, 1.807) is 24.3 Å². The Bertz CT molecular complexity index is 838. The fourth-order valence-corrected chi connectivity index (χ4v) is 4.72. The lowest BCUT2D eigenvalue weighted by Crippen LogP contribution is -2.62. The molecule has 1 amide bonds. The van der Waals surface area contributed by atoms with Crippen LogP contribution in [0.5, 0.6) is 10.8 Å². The van der Waals surface area contributed by atoms with E-state index in [0.29, 0.717) is 33.3 Å². The second kappa shape index (κ2) is 7.40. The Morgan fingerprint density at radius 1 is 1.22 bits per heavy atom. The van der Waals surface area contributed by atoms with Gasteiger partial charge >= 0.3 is 0 Å². The molecule has 4 heterocycles. The molecule has 2 aromatic rings. The minimum atomic E-state index is -0.0798. The average molecular weight is 385 g/mol. The van der Waals surface area contributed by atoms with E-state index in [4.69, 9.17) is 4.74 Å². The second-order valence-electron chi connectivity index (χ2n) is 7.28. The minimum absolute atomic E-state index is 0.0381.